The fraction of sp³-hybridized carbons (Fsp3) is 1.00. The lowest BCUT2D eigenvalue weighted by Crippen LogP contribution is -2.27. The number of hydrogen-bond donors (Lipinski definition) is 1. The first kappa shape index (κ1) is 6.62. The van der Waals surface area contributed by atoms with Crippen molar-refractivity contribution in [2.75, 3.05) is 19.8 Å². The molecule has 2 aliphatic rings. The molecule has 2 N–H and O–H groups in total. The number of nitrogens with zero attached hydrogens (tertiary/aromatic N) is 1. The van der Waals surface area contributed by atoms with Crippen molar-refractivity contribution in [2.24, 2.45) is 17.6 Å². The van der Waals surface area contributed by atoms with Crippen molar-refractivity contribution >= 4 is 0 Å². The van der Waals surface area contributed by atoms with E-state index in [0.29, 0.717) is 0 Å². The van der Waals surface area contributed by atoms with Gasteiger partial charge in [0.25, 0.3) is 0 Å². The van der Waals surface area contributed by atoms with Gasteiger partial charge in [0.05, 0.1) is 0 Å². The van der Waals surface area contributed by atoms with E-state index in [1.807, 2.05) is 0 Å². The highest BCUT2D eigenvalue weighted by Gasteiger charge is 2.35. The van der Waals surface area contributed by atoms with E-state index in [1.165, 1.54) is 32.4 Å². The van der Waals surface area contributed by atoms with Crippen molar-refractivity contribution in [2.45, 2.75) is 19.3 Å². The van der Waals surface area contributed by atoms with E-state index in [0.717, 1.165) is 18.5 Å². The summed E-state index contributed by atoms with van der Waals surface area (Å²) in [6.45, 7) is 3.29. The van der Waals surface area contributed by atoms with Crippen LogP contribution in [0.25, 0.3) is 0 Å². The molecule has 2 fully saturated rings. The smallest absolute Gasteiger partial charge is 0.0455 e. The molecule has 2 heteroatoms. The largest absolute Gasteiger partial charge is 0.318 e. The zero-order chi connectivity index (χ0) is 6.97. The summed E-state index contributed by atoms with van der Waals surface area (Å²) in [7, 11) is 0. The summed E-state index contributed by atoms with van der Waals surface area (Å²) in [5.74, 6) is 2.08. The predicted octanol–water partition coefficient (Wildman–Crippen LogP) is 0.634. The Morgan fingerprint density at radius 3 is 2.50 bits per heavy atom. The molecule has 1 heterocycles. The molecule has 58 valence electrons. The van der Waals surface area contributed by atoms with Crippen LogP contribution in [0.4, 0.5) is 0 Å². The molecule has 0 aromatic carbocycles. The molecule has 1 aliphatic heterocycles. The second-order valence-corrected chi connectivity index (χ2v) is 3.65. The monoisotopic (exact) mass is 140 g/mol. The van der Waals surface area contributed by atoms with Gasteiger partial charge in [0.2, 0.25) is 0 Å². The van der Waals surface area contributed by atoms with E-state index in [-0.39, 0.29) is 0 Å². The van der Waals surface area contributed by atoms with Gasteiger partial charge in [-0.25, -0.2) is 0 Å². The van der Waals surface area contributed by atoms with E-state index < -0.39 is 0 Å². The molecule has 2 nitrogen and oxygen atoms in total. The van der Waals surface area contributed by atoms with E-state index in [9.17, 15) is 0 Å². The molecule has 10 heavy (non-hydrogen) atoms. The minimum atomic E-state index is 0.767. The van der Waals surface area contributed by atoms with Gasteiger partial charge in [-0.2, -0.15) is 0 Å². The van der Waals surface area contributed by atoms with Crippen LogP contribution < -0.4 is 5.73 Å². The fourth-order valence-electron chi connectivity index (χ4n) is 1.98. The van der Waals surface area contributed by atoms with Crippen molar-refractivity contribution in [3.8, 4) is 0 Å². The zero-order valence-electron chi connectivity index (χ0n) is 6.42. The van der Waals surface area contributed by atoms with E-state index in [1.54, 1.807) is 0 Å². The molecule has 0 unspecified atom stereocenters. The first-order valence-corrected chi connectivity index (χ1v) is 4.32. The fourth-order valence-corrected chi connectivity index (χ4v) is 1.98. The van der Waals surface area contributed by atoms with Gasteiger partial charge in [-0.05, 0) is 37.6 Å². The van der Waals surface area contributed by atoms with Gasteiger partial charge in [-0.15, -0.1) is 0 Å². The van der Waals surface area contributed by atoms with Gasteiger partial charge in [0.1, 0.15) is 0 Å². The zero-order valence-corrected chi connectivity index (χ0v) is 6.42. The van der Waals surface area contributed by atoms with Crippen LogP contribution in [0.15, 0.2) is 0 Å². The van der Waals surface area contributed by atoms with Crippen molar-refractivity contribution in [3.63, 3.8) is 0 Å². The average molecular weight is 140 g/mol. The molecule has 0 radical (unpaired) electrons. The summed E-state index contributed by atoms with van der Waals surface area (Å²) in [5.41, 5.74) is 5.54. The first-order valence-electron chi connectivity index (χ1n) is 4.32. The summed E-state index contributed by atoms with van der Waals surface area (Å²) in [5, 5.41) is 0. The molecule has 0 bridgehead atoms. The van der Waals surface area contributed by atoms with Crippen molar-refractivity contribution in [1.82, 2.24) is 4.90 Å². The molecule has 2 rings (SSSR count). The minimum absolute atomic E-state index is 0.767. The molecular formula is C8H16N2. The van der Waals surface area contributed by atoms with E-state index in [4.69, 9.17) is 5.73 Å². The Bertz CT molecular complexity index is 120. The summed E-state index contributed by atoms with van der Waals surface area (Å²) in [6.07, 6.45) is 4.38. The van der Waals surface area contributed by atoms with Crippen LogP contribution in [0.1, 0.15) is 19.3 Å². The summed E-state index contributed by atoms with van der Waals surface area (Å²) < 4.78 is 0. The molecule has 0 amide bonds. The lowest BCUT2D eigenvalue weighted by Gasteiger charge is -2.11. The molecule has 1 saturated heterocycles. The Morgan fingerprint density at radius 2 is 2.00 bits per heavy atom. The lowest BCUT2D eigenvalue weighted by molar-refractivity contribution is 0.326. The molecular weight excluding hydrogens is 124 g/mol. The minimum Gasteiger partial charge on any atom is -0.318 e. The second kappa shape index (κ2) is 2.51. The third kappa shape index (κ3) is 1.18. The summed E-state index contributed by atoms with van der Waals surface area (Å²) in [4.78, 5) is 2.36. The average Bonchev–Trinajstić information content (AvgIpc) is 2.70. The molecule has 0 aromatic heterocycles. The Balaban J connectivity index is 1.81. The summed E-state index contributed by atoms with van der Waals surface area (Å²) >= 11 is 0. The number of likely N-dealkylation sites (tertiary alicyclic amines) is 1. The van der Waals surface area contributed by atoms with Crippen LogP contribution in [0.2, 0.25) is 0 Å². The Labute approximate surface area is 62.4 Å². The molecule has 1 aliphatic carbocycles. The highest BCUT2D eigenvalue weighted by molar-refractivity contribution is 4.87. The highest BCUT2D eigenvalue weighted by Crippen LogP contribution is 2.40. The number of rotatable bonds is 2. The Hall–Kier alpha value is -0.0800. The van der Waals surface area contributed by atoms with Crippen LogP contribution >= 0.6 is 0 Å². The predicted molar refractivity (Wildman–Crippen MR) is 41.5 cm³/mol. The Morgan fingerprint density at radius 1 is 1.20 bits per heavy atom. The van der Waals surface area contributed by atoms with Crippen molar-refractivity contribution in [3.05, 3.63) is 0 Å². The quantitative estimate of drug-likeness (QED) is 0.609. The van der Waals surface area contributed by atoms with Gasteiger partial charge in [0.15, 0.2) is 0 Å². The standard InChI is InChI=1S/C8H16N2/c9-6-10-4-3-8(5-10)7-1-2-7/h7-8H,1-6,9H2/t8-/m0/s1. The Kier molecular flexibility index (Phi) is 1.66. The van der Waals surface area contributed by atoms with Crippen LogP contribution in [0.5, 0.6) is 0 Å². The van der Waals surface area contributed by atoms with E-state index in [2.05, 4.69) is 4.90 Å². The van der Waals surface area contributed by atoms with Crippen LogP contribution in [-0.4, -0.2) is 24.7 Å². The first-order chi connectivity index (χ1) is 4.90. The maximum absolute atomic E-state index is 5.54. The van der Waals surface area contributed by atoms with Crippen LogP contribution in [0.3, 0.4) is 0 Å². The number of nitrogens with two attached hydrogens (primary N) is 1. The topological polar surface area (TPSA) is 29.3 Å². The van der Waals surface area contributed by atoms with Crippen molar-refractivity contribution in [1.29, 1.82) is 0 Å². The van der Waals surface area contributed by atoms with Gasteiger partial charge in [0, 0.05) is 13.2 Å². The molecule has 0 spiro atoms. The third-order valence-corrected chi connectivity index (χ3v) is 2.86. The van der Waals surface area contributed by atoms with Crippen molar-refractivity contribution < 1.29 is 0 Å². The lowest BCUT2D eigenvalue weighted by atomic mass is 10.0. The SMILES string of the molecule is NCN1CC[C@H](C2CC2)C1. The van der Waals surface area contributed by atoms with Gasteiger partial charge < -0.3 is 5.73 Å². The van der Waals surface area contributed by atoms with Gasteiger partial charge >= 0.3 is 0 Å². The maximum atomic E-state index is 5.54. The van der Waals surface area contributed by atoms with Crippen LogP contribution in [0, 0.1) is 11.8 Å². The van der Waals surface area contributed by atoms with E-state index >= 15 is 0 Å². The maximum Gasteiger partial charge on any atom is 0.0455 e. The van der Waals surface area contributed by atoms with Gasteiger partial charge in [-0.3, -0.25) is 4.90 Å². The number of hydrogen-bond acceptors (Lipinski definition) is 2. The second-order valence-electron chi connectivity index (χ2n) is 3.65. The summed E-state index contributed by atoms with van der Waals surface area (Å²) in [6, 6.07) is 0. The molecule has 1 saturated carbocycles. The van der Waals surface area contributed by atoms with Crippen LogP contribution in [-0.2, 0) is 0 Å². The van der Waals surface area contributed by atoms with Gasteiger partial charge in [-0.1, -0.05) is 0 Å². The normalized spacial score (nSPS) is 35.1. The molecule has 0 aromatic rings. The third-order valence-electron chi connectivity index (χ3n) is 2.86. The molecule has 1 atom stereocenters. The highest BCUT2D eigenvalue weighted by atomic mass is 15.2.